The first kappa shape index (κ1) is 27.0. The lowest BCUT2D eigenvalue weighted by atomic mass is 10.0. The number of amides is 1. The maximum atomic E-state index is 12.5. The van der Waals surface area contributed by atoms with Crippen LogP contribution in [0.4, 0.5) is 24.7 Å². The SMILES string of the molecule is CCc1c(C)c(N(C)CCN(C)C)nc2ccc(NC(=O)/C=C/c3ccc(OC(F)(F)F)cc3)cc12. The van der Waals surface area contributed by atoms with Gasteiger partial charge >= 0.3 is 6.36 Å². The van der Waals surface area contributed by atoms with Crippen LogP contribution < -0.4 is 15.0 Å². The van der Waals surface area contributed by atoms with Crippen LogP contribution >= 0.6 is 0 Å². The van der Waals surface area contributed by atoms with Crippen molar-refractivity contribution in [3.05, 3.63) is 65.2 Å². The van der Waals surface area contributed by atoms with E-state index in [0.717, 1.165) is 41.8 Å². The number of pyridine rings is 1. The number of anilines is 2. The molecule has 0 radical (unpaired) electrons. The number of halogens is 3. The third-order valence-corrected chi connectivity index (χ3v) is 5.74. The van der Waals surface area contributed by atoms with Gasteiger partial charge in [-0.25, -0.2) is 4.98 Å². The summed E-state index contributed by atoms with van der Waals surface area (Å²) in [4.78, 5) is 21.7. The Balaban J connectivity index is 1.75. The minimum atomic E-state index is -4.74. The normalized spacial score (nSPS) is 11.9. The van der Waals surface area contributed by atoms with Crippen molar-refractivity contribution in [3.63, 3.8) is 0 Å². The Bertz CT molecular complexity index is 1240. The fourth-order valence-corrected chi connectivity index (χ4v) is 3.91. The molecule has 0 unspecified atom stereocenters. The molecular weight excluding hydrogens is 469 g/mol. The molecule has 1 heterocycles. The predicted molar refractivity (Wildman–Crippen MR) is 138 cm³/mol. The van der Waals surface area contributed by atoms with Gasteiger partial charge in [0.25, 0.3) is 0 Å². The molecule has 192 valence electrons. The molecule has 0 atom stereocenters. The first-order chi connectivity index (χ1) is 17.0. The lowest BCUT2D eigenvalue weighted by Gasteiger charge is -2.24. The van der Waals surface area contributed by atoms with Crippen LogP contribution in [-0.4, -0.2) is 56.4 Å². The highest BCUT2D eigenvalue weighted by Crippen LogP contribution is 2.30. The Morgan fingerprint density at radius 2 is 1.78 bits per heavy atom. The number of carbonyl (C=O) groups excluding carboxylic acids is 1. The molecule has 0 aliphatic carbocycles. The second-order valence-electron chi connectivity index (χ2n) is 8.79. The van der Waals surface area contributed by atoms with Gasteiger partial charge in [-0.1, -0.05) is 19.1 Å². The third-order valence-electron chi connectivity index (χ3n) is 5.74. The van der Waals surface area contributed by atoms with E-state index in [0.29, 0.717) is 11.3 Å². The molecule has 0 saturated heterocycles. The molecule has 1 amide bonds. The highest BCUT2D eigenvalue weighted by molar-refractivity contribution is 6.03. The number of aromatic nitrogens is 1. The van der Waals surface area contributed by atoms with E-state index in [2.05, 4.69) is 33.7 Å². The van der Waals surface area contributed by atoms with Crippen molar-refractivity contribution in [2.24, 2.45) is 0 Å². The van der Waals surface area contributed by atoms with Crippen molar-refractivity contribution < 1.29 is 22.7 Å². The van der Waals surface area contributed by atoms with E-state index < -0.39 is 6.36 Å². The van der Waals surface area contributed by atoms with Crippen LogP contribution in [0.15, 0.2) is 48.5 Å². The number of benzene rings is 2. The Morgan fingerprint density at radius 1 is 1.08 bits per heavy atom. The van der Waals surface area contributed by atoms with Crippen molar-refractivity contribution in [2.45, 2.75) is 26.6 Å². The first-order valence-corrected chi connectivity index (χ1v) is 11.6. The van der Waals surface area contributed by atoms with Crippen LogP contribution in [0.5, 0.6) is 5.75 Å². The number of nitrogens with one attached hydrogen (secondary N) is 1. The van der Waals surface area contributed by atoms with Gasteiger partial charge in [0.1, 0.15) is 11.6 Å². The van der Waals surface area contributed by atoms with Crippen LogP contribution in [0, 0.1) is 6.92 Å². The second-order valence-corrected chi connectivity index (χ2v) is 8.79. The number of aryl methyl sites for hydroxylation is 1. The average Bonchev–Trinajstić information content (AvgIpc) is 2.81. The highest BCUT2D eigenvalue weighted by Gasteiger charge is 2.30. The zero-order valence-electron chi connectivity index (χ0n) is 21.1. The molecule has 1 N–H and O–H groups in total. The number of likely N-dealkylation sites (N-methyl/N-ethyl adjacent to an activating group) is 2. The van der Waals surface area contributed by atoms with Gasteiger partial charge in [-0.3, -0.25) is 4.79 Å². The molecule has 0 fully saturated rings. The van der Waals surface area contributed by atoms with Gasteiger partial charge in [0.15, 0.2) is 0 Å². The second kappa shape index (κ2) is 11.4. The smallest absolute Gasteiger partial charge is 0.406 e. The quantitative estimate of drug-likeness (QED) is 0.385. The zero-order valence-corrected chi connectivity index (χ0v) is 21.1. The van der Waals surface area contributed by atoms with E-state index in [1.165, 1.54) is 42.0 Å². The van der Waals surface area contributed by atoms with E-state index in [9.17, 15) is 18.0 Å². The van der Waals surface area contributed by atoms with Crippen molar-refractivity contribution in [2.75, 3.05) is 44.4 Å². The standard InChI is InChI=1S/C27H31F3N4O2/c1-6-22-18(2)26(34(5)16-15-33(3)4)32-24-13-10-20(17-23(22)24)31-25(35)14-9-19-7-11-21(12-8-19)36-27(28,29)30/h7-14,17H,6,15-16H2,1-5H3,(H,31,35)/b14-9+. The Kier molecular flexibility index (Phi) is 8.57. The molecule has 9 heteroatoms. The van der Waals surface area contributed by atoms with Crippen LogP contribution in [0.25, 0.3) is 17.0 Å². The summed E-state index contributed by atoms with van der Waals surface area (Å²) in [5.74, 6) is 0.281. The van der Waals surface area contributed by atoms with Gasteiger partial charge in [-0.15, -0.1) is 13.2 Å². The lowest BCUT2D eigenvalue weighted by molar-refractivity contribution is -0.274. The van der Waals surface area contributed by atoms with Gasteiger partial charge < -0.3 is 19.9 Å². The minimum Gasteiger partial charge on any atom is -0.406 e. The number of hydrogen-bond donors (Lipinski definition) is 1. The number of carbonyl (C=O) groups is 1. The fraction of sp³-hybridized carbons (Fsp3) is 0.333. The summed E-state index contributed by atoms with van der Waals surface area (Å²) in [6.45, 7) is 5.95. The number of alkyl halides is 3. The van der Waals surface area contributed by atoms with Crippen LogP contribution in [0.1, 0.15) is 23.6 Å². The molecular formula is C27H31F3N4O2. The van der Waals surface area contributed by atoms with Crippen molar-refractivity contribution >= 4 is 34.4 Å². The topological polar surface area (TPSA) is 57.7 Å². The Hall–Kier alpha value is -3.59. The molecule has 0 aliphatic rings. The van der Waals surface area contributed by atoms with E-state index >= 15 is 0 Å². The number of ether oxygens (including phenoxy) is 1. The van der Waals surface area contributed by atoms with Crippen LogP contribution in [-0.2, 0) is 11.2 Å². The monoisotopic (exact) mass is 500 g/mol. The van der Waals surface area contributed by atoms with Crippen molar-refractivity contribution in [3.8, 4) is 5.75 Å². The van der Waals surface area contributed by atoms with Crippen LogP contribution in [0.2, 0.25) is 0 Å². The Labute approximate surface area is 209 Å². The minimum absolute atomic E-state index is 0.317. The van der Waals surface area contributed by atoms with Gasteiger partial charge in [-0.2, -0.15) is 0 Å². The highest BCUT2D eigenvalue weighted by atomic mass is 19.4. The largest absolute Gasteiger partial charge is 0.573 e. The number of nitrogens with zero attached hydrogens (tertiary/aromatic N) is 3. The van der Waals surface area contributed by atoms with Gasteiger partial charge in [-0.05, 0) is 80.5 Å². The van der Waals surface area contributed by atoms with Crippen molar-refractivity contribution in [1.29, 1.82) is 0 Å². The summed E-state index contributed by atoms with van der Waals surface area (Å²) in [6, 6.07) is 10.9. The molecule has 1 aromatic heterocycles. The molecule has 0 spiro atoms. The molecule has 0 aliphatic heterocycles. The molecule has 3 aromatic rings. The lowest BCUT2D eigenvalue weighted by Crippen LogP contribution is -2.29. The molecule has 0 saturated carbocycles. The number of rotatable bonds is 9. The number of hydrogen-bond acceptors (Lipinski definition) is 5. The van der Waals surface area contributed by atoms with E-state index in [1.807, 2.05) is 39.3 Å². The molecule has 6 nitrogen and oxygen atoms in total. The van der Waals surface area contributed by atoms with E-state index in [4.69, 9.17) is 4.98 Å². The summed E-state index contributed by atoms with van der Waals surface area (Å²) in [5.41, 5.74) is 4.36. The van der Waals surface area contributed by atoms with E-state index in [-0.39, 0.29) is 11.7 Å². The number of fused-ring (bicyclic) bond motifs is 1. The summed E-state index contributed by atoms with van der Waals surface area (Å²) < 4.78 is 40.7. The van der Waals surface area contributed by atoms with Gasteiger partial charge in [0.2, 0.25) is 5.91 Å². The van der Waals surface area contributed by atoms with Gasteiger partial charge in [0.05, 0.1) is 5.52 Å². The Morgan fingerprint density at radius 3 is 2.39 bits per heavy atom. The first-order valence-electron chi connectivity index (χ1n) is 11.6. The van der Waals surface area contributed by atoms with Gasteiger partial charge in [0, 0.05) is 37.3 Å². The molecule has 0 bridgehead atoms. The summed E-state index contributed by atoms with van der Waals surface area (Å²) in [7, 11) is 6.13. The zero-order chi connectivity index (χ0) is 26.5. The summed E-state index contributed by atoms with van der Waals surface area (Å²) >= 11 is 0. The van der Waals surface area contributed by atoms with Crippen molar-refractivity contribution in [1.82, 2.24) is 9.88 Å². The maximum Gasteiger partial charge on any atom is 0.573 e. The average molecular weight is 501 g/mol. The summed E-state index contributed by atoms with van der Waals surface area (Å²) in [6.07, 6.45) is -1.07. The summed E-state index contributed by atoms with van der Waals surface area (Å²) in [5, 5.41) is 3.83. The third kappa shape index (κ3) is 7.21. The fourth-order valence-electron chi connectivity index (χ4n) is 3.91. The predicted octanol–water partition coefficient (Wildman–Crippen LogP) is 5.65. The molecule has 3 rings (SSSR count). The molecule has 36 heavy (non-hydrogen) atoms. The van der Waals surface area contributed by atoms with Crippen LogP contribution in [0.3, 0.4) is 0 Å². The molecule has 2 aromatic carbocycles. The maximum absolute atomic E-state index is 12.5. The van der Waals surface area contributed by atoms with E-state index in [1.54, 1.807) is 0 Å².